The van der Waals surface area contributed by atoms with E-state index in [0.29, 0.717) is 5.69 Å². The molecule has 0 unspecified atom stereocenters. The number of hydrogen-bond donors (Lipinski definition) is 0. The lowest BCUT2D eigenvalue weighted by Gasteiger charge is -2.34. The molecule has 0 aromatic carbocycles. The second kappa shape index (κ2) is 5.28. The number of rotatable bonds is 2. The monoisotopic (exact) mass is 290 g/mol. The predicted octanol–water partition coefficient (Wildman–Crippen LogP) is 2.76. The minimum absolute atomic E-state index is 0.164. The second-order valence-electron chi connectivity index (χ2n) is 4.36. The number of carbonyl (C=O) groups is 1. The van der Waals surface area contributed by atoms with Crippen molar-refractivity contribution in [3.05, 3.63) is 23.0 Å². The zero-order chi connectivity index (χ0) is 14.0. The molecule has 19 heavy (non-hydrogen) atoms. The third kappa shape index (κ3) is 3.12. The Kier molecular flexibility index (Phi) is 3.89. The molecule has 7 heteroatoms. The van der Waals surface area contributed by atoms with Gasteiger partial charge in [0.25, 0.3) is 5.92 Å². The number of piperidine rings is 1. The van der Waals surface area contributed by atoms with Crippen LogP contribution in [-0.2, 0) is 4.74 Å². The van der Waals surface area contributed by atoms with E-state index in [1.807, 2.05) is 0 Å². The fourth-order valence-corrected chi connectivity index (χ4v) is 2.18. The molecular weight excluding hydrogens is 278 g/mol. The van der Waals surface area contributed by atoms with Crippen molar-refractivity contribution < 1.29 is 18.3 Å². The van der Waals surface area contributed by atoms with E-state index in [4.69, 9.17) is 11.6 Å². The summed E-state index contributed by atoms with van der Waals surface area (Å²) in [4.78, 5) is 17.2. The van der Waals surface area contributed by atoms with E-state index in [1.165, 1.54) is 19.4 Å². The maximum Gasteiger partial charge on any atom is 0.341 e. The van der Waals surface area contributed by atoms with Gasteiger partial charge in [0.15, 0.2) is 0 Å². The normalized spacial score (nSPS) is 18.2. The van der Waals surface area contributed by atoms with Crippen molar-refractivity contribution in [2.75, 3.05) is 25.1 Å². The molecule has 2 heterocycles. The lowest BCUT2D eigenvalue weighted by molar-refractivity contribution is -0.0220. The highest BCUT2D eigenvalue weighted by molar-refractivity contribution is 6.29. The number of carbonyl (C=O) groups excluding carboxylic acids is 1. The Labute approximate surface area is 114 Å². The molecule has 4 nitrogen and oxygen atoms in total. The molecule has 0 aliphatic carbocycles. The van der Waals surface area contributed by atoms with Crippen LogP contribution in [0.25, 0.3) is 0 Å². The molecule has 0 N–H and O–H groups in total. The highest BCUT2D eigenvalue weighted by Crippen LogP contribution is 2.32. The predicted molar refractivity (Wildman–Crippen MR) is 67.0 cm³/mol. The topological polar surface area (TPSA) is 42.4 Å². The zero-order valence-corrected chi connectivity index (χ0v) is 11.1. The minimum atomic E-state index is -2.64. The van der Waals surface area contributed by atoms with Gasteiger partial charge in [-0.3, -0.25) is 0 Å². The van der Waals surface area contributed by atoms with Crippen molar-refractivity contribution in [3.63, 3.8) is 0 Å². The van der Waals surface area contributed by atoms with Gasteiger partial charge in [-0.1, -0.05) is 11.6 Å². The molecule has 1 saturated heterocycles. The average Bonchev–Trinajstić information content (AvgIpc) is 2.38. The summed E-state index contributed by atoms with van der Waals surface area (Å²) in [6, 6.07) is 1.50. The Morgan fingerprint density at radius 3 is 2.68 bits per heavy atom. The van der Waals surface area contributed by atoms with Crippen LogP contribution in [0, 0.1) is 0 Å². The largest absolute Gasteiger partial charge is 0.465 e. The molecule has 1 aliphatic heterocycles. The van der Waals surface area contributed by atoms with Crippen molar-refractivity contribution >= 4 is 23.3 Å². The van der Waals surface area contributed by atoms with Gasteiger partial charge in [0.1, 0.15) is 10.7 Å². The van der Waals surface area contributed by atoms with Crippen LogP contribution in [0.3, 0.4) is 0 Å². The smallest absolute Gasteiger partial charge is 0.341 e. The number of methoxy groups -OCH3 is 1. The van der Waals surface area contributed by atoms with Gasteiger partial charge in [-0.15, -0.1) is 0 Å². The van der Waals surface area contributed by atoms with E-state index >= 15 is 0 Å². The molecule has 1 fully saturated rings. The molecule has 1 aromatic heterocycles. The van der Waals surface area contributed by atoms with E-state index in [9.17, 15) is 13.6 Å². The van der Waals surface area contributed by atoms with Crippen LogP contribution in [0.4, 0.5) is 14.5 Å². The third-order valence-electron chi connectivity index (χ3n) is 3.09. The van der Waals surface area contributed by atoms with Crippen LogP contribution in [-0.4, -0.2) is 37.1 Å². The molecule has 104 valence electrons. The zero-order valence-electron chi connectivity index (χ0n) is 10.3. The molecular formula is C12H13ClF2N2O2. The van der Waals surface area contributed by atoms with E-state index in [1.54, 1.807) is 4.90 Å². The average molecular weight is 291 g/mol. The Hall–Kier alpha value is -1.43. The van der Waals surface area contributed by atoms with Crippen molar-refractivity contribution in [1.82, 2.24) is 4.98 Å². The van der Waals surface area contributed by atoms with Crippen molar-refractivity contribution in [1.29, 1.82) is 0 Å². The number of anilines is 1. The molecule has 2 rings (SSSR count). The molecule has 0 bridgehead atoms. The summed E-state index contributed by atoms with van der Waals surface area (Å²) in [5.41, 5.74) is 0.722. The third-order valence-corrected chi connectivity index (χ3v) is 3.30. The maximum atomic E-state index is 13.1. The van der Waals surface area contributed by atoms with Gasteiger partial charge in [-0.05, 0) is 6.07 Å². The maximum absolute atomic E-state index is 13.1. The summed E-state index contributed by atoms with van der Waals surface area (Å²) >= 11 is 5.80. The van der Waals surface area contributed by atoms with Gasteiger partial charge in [0, 0.05) is 32.1 Å². The molecule has 0 spiro atoms. The number of pyridine rings is 1. The number of halogens is 3. The fourth-order valence-electron chi connectivity index (χ4n) is 2.02. The van der Waals surface area contributed by atoms with Gasteiger partial charge in [0.2, 0.25) is 0 Å². The van der Waals surface area contributed by atoms with Gasteiger partial charge < -0.3 is 9.64 Å². The molecule has 1 aliphatic rings. The number of esters is 1. The summed E-state index contributed by atoms with van der Waals surface area (Å²) in [7, 11) is 1.26. The lowest BCUT2D eigenvalue weighted by Crippen LogP contribution is -2.40. The van der Waals surface area contributed by atoms with Crippen LogP contribution in [0.1, 0.15) is 23.2 Å². The first-order valence-electron chi connectivity index (χ1n) is 5.79. The first-order chi connectivity index (χ1) is 8.93. The highest BCUT2D eigenvalue weighted by atomic mass is 35.5. The molecule has 1 aromatic rings. The summed E-state index contributed by atoms with van der Waals surface area (Å²) in [5.74, 6) is -3.20. The van der Waals surface area contributed by atoms with Crippen molar-refractivity contribution in [2.45, 2.75) is 18.8 Å². The van der Waals surface area contributed by atoms with Crippen molar-refractivity contribution in [3.8, 4) is 0 Å². The molecule has 0 atom stereocenters. The summed E-state index contributed by atoms with van der Waals surface area (Å²) in [5, 5.41) is 0.208. The van der Waals surface area contributed by atoms with E-state index < -0.39 is 11.9 Å². The van der Waals surface area contributed by atoms with Crippen LogP contribution in [0.2, 0.25) is 5.15 Å². The first kappa shape index (κ1) is 14.0. The second-order valence-corrected chi connectivity index (χ2v) is 4.75. The number of ether oxygens (including phenoxy) is 1. The van der Waals surface area contributed by atoms with E-state index in [2.05, 4.69) is 9.72 Å². The van der Waals surface area contributed by atoms with Crippen LogP contribution < -0.4 is 4.90 Å². The molecule has 0 amide bonds. The quantitative estimate of drug-likeness (QED) is 0.620. The number of aromatic nitrogens is 1. The van der Waals surface area contributed by atoms with Crippen LogP contribution in [0.15, 0.2) is 12.3 Å². The minimum Gasteiger partial charge on any atom is -0.465 e. The SMILES string of the molecule is COC(=O)c1cnc(Cl)cc1N1CCC(F)(F)CC1. The summed E-state index contributed by atoms with van der Waals surface area (Å²) < 4.78 is 30.9. The number of hydrogen-bond acceptors (Lipinski definition) is 4. The Bertz CT molecular complexity index is 487. The van der Waals surface area contributed by atoms with Crippen molar-refractivity contribution in [2.24, 2.45) is 0 Å². The Morgan fingerprint density at radius 1 is 1.47 bits per heavy atom. The Morgan fingerprint density at radius 2 is 2.11 bits per heavy atom. The van der Waals surface area contributed by atoms with Gasteiger partial charge in [0.05, 0.1) is 12.8 Å². The van der Waals surface area contributed by atoms with Gasteiger partial charge in [-0.2, -0.15) is 0 Å². The Balaban J connectivity index is 2.28. The standard InChI is InChI=1S/C12H13ClF2N2O2/c1-19-11(18)8-7-16-10(13)6-9(8)17-4-2-12(14,15)3-5-17/h6-7H,2-5H2,1H3. The number of alkyl halides is 2. The molecule has 0 saturated carbocycles. The summed E-state index contributed by atoms with van der Waals surface area (Å²) in [6.45, 7) is 0.328. The lowest BCUT2D eigenvalue weighted by atomic mass is 10.1. The summed E-state index contributed by atoms with van der Waals surface area (Å²) in [6.07, 6.45) is 0.817. The number of nitrogens with zero attached hydrogens (tertiary/aromatic N) is 2. The van der Waals surface area contributed by atoms with E-state index in [-0.39, 0.29) is 36.6 Å². The highest BCUT2D eigenvalue weighted by Gasteiger charge is 2.35. The van der Waals surface area contributed by atoms with Crippen LogP contribution in [0.5, 0.6) is 0 Å². The molecule has 0 radical (unpaired) electrons. The van der Waals surface area contributed by atoms with E-state index in [0.717, 1.165) is 0 Å². The van der Waals surface area contributed by atoms with Gasteiger partial charge >= 0.3 is 5.97 Å². The fraction of sp³-hybridized carbons (Fsp3) is 0.500. The van der Waals surface area contributed by atoms with Gasteiger partial charge in [-0.25, -0.2) is 18.6 Å². The van der Waals surface area contributed by atoms with Crippen LogP contribution >= 0.6 is 11.6 Å². The first-order valence-corrected chi connectivity index (χ1v) is 6.17.